The van der Waals surface area contributed by atoms with E-state index in [1.54, 1.807) is 22.9 Å². The maximum absolute atomic E-state index is 10.8. The second-order valence-corrected chi connectivity index (χ2v) is 4.55. The molecule has 6 heteroatoms. The number of carboxylic acids is 1. The summed E-state index contributed by atoms with van der Waals surface area (Å²) in [5.41, 5.74) is 1.17. The highest BCUT2D eigenvalue weighted by Crippen LogP contribution is 2.22. The fourth-order valence-corrected chi connectivity index (χ4v) is 2.17. The lowest BCUT2D eigenvalue weighted by Crippen LogP contribution is -1.95. The largest absolute Gasteiger partial charge is 0.478 e. The summed E-state index contributed by atoms with van der Waals surface area (Å²) in [6, 6.07) is 6.86. The van der Waals surface area contributed by atoms with Gasteiger partial charge in [-0.25, -0.2) is 4.79 Å². The van der Waals surface area contributed by atoms with Crippen molar-refractivity contribution >= 4 is 17.7 Å². The maximum Gasteiger partial charge on any atom is 0.335 e. The Balaban J connectivity index is 2.04. The monoisotopic (exact) mass is 249 g/mol. The van der Waals surface area contributed by atoms with Gasteiger partial charge in [0.2, 0.25) is 0 Å². The summed E-state index contributed by atoms with van der Waals surface area (Å²) in [5, 5.41) is 16.7. The van der Waals surface area contributed by atoms with E-state index in [1.807, 2.05) is 19.3 Å². The zero-order valence-corrected chi connectivity index (χ0v) is 10.0. The van der Waals surface area contributed by atoms with E-state index >= 15 is 0 Å². The van der Waals surface area contributed by atoms with Gasteiger partial charge in [0.15, 0.2) is 0 Å². The molecule has 0 saturated heterocycles. The average Bonchev–Trinajstić information content (AvgIpc) is 2.73. The number of thioether (sulfide) groups is 1. The number of hydrogen-bond donors (Lipinski definition) is 1. The van der Waals surface area contributed by atoms with E-state index in [1.165, 1.54) is 11.8 Å². The molecule has 0 fully saturated rings. The number of carbonyl (C=O) groups is 1. The molecule has 0 radical (unpaired) electrons. The fraction of sp³-hybridized carbons (Fsp3) is 0.182. The molecule has 1 aromatic heterocycles. The van der Waals surface area contributed by atoms with Gasteiger partial charge in [-0.05, 0) is 18.2 Å². The van der Waals surface area contributed by atoms with Crippen molar-refractivity contribution in [3.63, 3.8) is 0 Å². The molecule has 5 nitrogen and oxygen atoms in total. The van der Waals surface area contributed by atoms with Crippen LogP contribution < -0.4 is 0 Å². The molecular formula is C11H11N3O2S. The lowest BCUT2D eigenvalue weighted by Gasteiger charge is -2.00. The van der Waals surface area contributed by atoms with Crippen molar-refractivity contribution in [2.24, 2.45) is 7.05 Å². The average molecular weight is 249 g/mol. The van der Waals surface area contributed by atoms with Crippen molar-refractivity contribution in [1.82, 2.24) is 15.0 Å². The van der Waals surface area contributed by atoms with E-state index in [0.29, 0.717) is 11.3 Å². The standard InChI is InChI=1S/C11H11N3O2S/c1-14-6-9(12-13-14)7-17-10-4-2-3-8(5-10)11(15)16/h2-6H,7H2,1H3,(H,15,16). The van der Waals surface area contributed by atoms with E-state index < -0.39 is 5.97 Å². The number of carboxylic acid groups (broad SMARTS) is 1. The SMILES string of the molecule is Cn1cc(CSc2cccc(C(=O)O)c2)nn1. The van der Waals surface area contributed by atoms with Crippen LogP contribution in [-0.2, 0) is 12.8 Å². The van der Waals surface area contributed by atoms with Gasteiger partial charge in [0.1, 0.15) is 0 Å². The van der Waals surface area contributed by atoms with Crippen molar-refractivity contribution in [2.45, 2.75) is 10.6 Å². The quantitative estimate of drug-likeness (QED) is 0.837. The van der Waals surface area contributed by atoms with E-state index in [2.05, 4.69) is 10.3 Å². The third kappa shape index (κ3) is 3.07. The highest BCUT2D eigenvalue weighted by Gasteiger charge is 2.04. The molecule has 2 rings (SSSR count). The maximum atomic E-state index is 10.8. The molecule has 0 bridgehead atoms. The van der Waals surface area contributed by atoms with Crippen LogP contribution in [0.3, 0.4) is 0 Å². The van der Waals surface area contributed by atoms with Crippen molar-refractivity contribution in [3.05, 3.63) is 41.7 Å². The van der Waals surface area contributed by atoms with Gasteiger partial charge in [0, 0.05) is 23.9 Å². The van der Waals surface area contributed by atoms with E-state index in [0.717, 1.165) is 10.6 Å². The predicted molar refractivity (Wildman–Crippen MR) is 64.0 cm³/mol. The van der Waals surface area contributed by atoms with Gasteiger partial charge in [0.05, 0.1) is 11.3 Å². The summed E-state index contributed by atoms with van der Waals surface area (Å²) in [7, 11) is 1.81. The van der Waals surface area contributed by atoms with E-state index in [9.17, 15) is 4.79 Å². The lowest BCUT2D eigenvalue weighted by atomic mass is 10.2. The Bertz CT molecular complexity index is 539. The molecule has 0 atom stereocenters. The first-order valence-electron chi connectivity index (χ1n) is 4.96. The summed E-state index contributed by atoms with van der Waals surface area (Å²) >= 11 is 1.54. The van der Waals surface area contributed by atoms with Gasteiger partial charge in [0.25, 0.3) is 0 Å². The zero-order valence-electron chi connectivity index (χ0n) is 9.20. The summed E-state index contributed by atoms with van der Waals surface area (Å²) in [5.74, 6) is -0.233. The summed E-state index contributed by atoms with van der Waals surface area (Å²) in [6.07, 6.45) is 1.84. The number of benzene rings is 1. The first-order valence-corrected chi connectivity index (χ1v) is 5.95. The van der Waals surface area contributed by atoms with Gasteiger partial charge in [-0.15, -0.1) is 16.9 Å². The number of aromatic carboxylic acids is 1. The molecule has 0 aliphatic carbocycles. The minimum Gasteiger partial charge on any atom is -0.478 e. The fourth-order valence-electron chi connectivity index (χ4n) is 1.34. The van der Waals surface area contributed by atoms with Crippen LogP contribution in [0.2, 0.25) is 0 Å². The second-order valence-electron chi connectivity index (χ2n) is 3.51. The van der Waals surface area contributed by atoms with Crippen LogP contribution in [0.5, 0.6) is 0 Å². The number of aromatic nitrogens is 3. The minimum atomic E-state index is -0.910. The molecule has 0 aliphatic rings. The smallest absolute Gasteiger partial charge is 0.335 e. The molecule has 88 valence electrons. The van der Waals surface area contributed by atoms with E-state index in [4.69, 9.17) is 5.11 Å². The Morgan fingerprint density at radius 2 is 2.35 bits per heavy atom. The Morgan fingerprint density at radius 3 is 3.00 bits per heavy atom. The molecule has 0 unspecified atom stereocenters. The van der Waals surface area contributed by atoms with Gasteiger partial charge in [-0.2, -0.15) is 0 Å². The molecule has 0 amide bonds. The predicted octanol–water partition coefficient (Wildman–Crippen LogP) is 1.81. The van der Waals surface area contributed by atoms with Crippen LogP contribution in [0.4, 0.5) is 0 Å². The normalized spacial score (nSPS) is 10.4. The zero-order chi connectivity index (χ0) is 12.3. The van der Waals surface area contributed by atoms with Crippen molar-refractivity contribution in [3.8, 4) is 0 Å². The highest BCUT2D eigenvalue weighted by molar-refractivity contribution is 7.98. The lowest BCUT2D eigenvalue weighted by molar-refractivity contribution is 0.0696. The highest BCUT2D eigenvalue weighted by atomic mass is 32.2. The topological polar surface area (TPSA) is 68.0 Å². The minimum absolute atomic E-state index is 0.300. The third-order valence-electron chi connectivity index (χ3n) is 2.12. The number of hydrogen-bond acceptors (Lipinski definition) is 4. The molecule has 1 N–H and O–H groups in total. The van der Waals surface area contributed by atoms with Gasteiger partial charge in [-0.1, -0.05) is 11.3 Å². The molecule has 17 heavy (non-hydrogen) atoms. The first-order chi connectivity index (χ1) is 8.15. The van der Waals surface area contributed by atoms with Crippen LogP contribution in [0.15, 0.2) is 35.4 Å². The Hall–Kier alpha value is -1.82. The van der Waals surface area contributed by atoms with Crippen molar-refractivity contribution in [2.75, 3.05) is 0 Å². The first kappa shape index (κ1) is 11.7. The van der Waals surface area contributed by atoms with Crippen LogP contribution in [0.1, 0.15) is 16.1 Å². The molecular weight excluding hydrogens is 238 g/mol. The van der Waals surface area contributed by atoms with Crippen LogP contribution in [-0.4, -0.2) is 26.1 Å². The van der Waals surface area contributed by atoms with Crippen LogP contribution in [0.25, 0.3) is 0 Å². The van der Waals surface area contributed by atoms with Gasteiger partial charge in [-0.3, -0.25) is 4.68 Å². The van der Waals surface area contributed by atoms with Gasteiger partial charge >= 0.3 is 5.97 Å². The molecule has 1 heterocycles. The molecule has 2 aromatic rings. The van der Waals surface area contributed by atoms with E-state index in [-0.39, 0.29) is 0 Å². The van der Waals surface area contributed by atoms with Crippen molar-refractivity contribution < 1.29 is 9.90 Å². The molecule has 0 saturated carbocycles. The summed E-state index contributed by atoms with van der Waals surface area (Å²) in [4.78, 5) is 11.7. The van der Waals surface area contributed by atoms with Crippen LogP contribution in [0, 0.1) is 0 Å². The third-order valence-corrected chi connectivity index (χ3v) is 3.15. The summed E-state index contributed by atoms with van der Waals surface area (Å²) in [6.45, 7) is 0. The van der Waals surface area contributed by atoms with Crippen molar-refractivity contribution in [1.29, 1.82) is 0 Å². The number of rotatable bonds is 4. The molecule has 0 spiro atoms. The van der Waals surface area contributed by atoms with Crippen LogP contribution >= 0.6 is 11.8 Å². The van der Waals surface area contributed by atoms with Gasteiger partial charge < -0.3 is 5.11 Å². The summed E-state index contributed by atoms with van der Waals surface area (Å²) < 4.78 is 1.64. The molecule has 0 aliphatic heterocycles. The second kappa shape index (κ2) is 5.01. The number of aryl methyl sites for hydroxylation is 1. The number of nitrogens with zero attached hydrogens (tertiary/aromatic N) is 3. The Labute approximate surface area is 102 Å². The Morgan fingerprint density at radius 1 is 1.53 bits per heavy atom. The Kier molecular flexibility index (Phi) is 3.43. The molecule has 1 aromatic carbocycles.